The van der Waals surface area contributed by atoms with E-state index in [4.69, 9.17) is 11.6 Å². The SMILES string of the molecule is CCCNCc1nnc(-c2ccc(Cl)cc2Br)s1. The number of aromatic nitrogens is 2. The molecule has 1 aromatic heterocycles. The zero-order valence-electron chi connectivity index (χ0n) is 9.91. The maximum Gasteiger partial charge on any atom is 0.148 e. The molecular weight excluding hydrogens is 334 g/mol. The largest absolute Gasteiger partial charge is 0.310 e. The molecule has 0 amide bonds. The van der Waals surface area contributed by atoms with Gasteiger partial charge < -0.3 is 5.32 Å². The van der Waals surface area contributed by atoms with Crippen LogP contribution in [0.4, 0.5) is 0 Å². The predicted octanol–water partition coefficient (Wildman–Crippen LogP) is 4.12. The summed E-state index contributed by atoms with van der Waals surface area (Å²) in [5, 5.41) is 14.3. The van der Waals surface area contributed by atoms with Crippen LogP contribution in [0.2, 0.25) is 5.02 Å². The van der Waals surface area contributed by atoms with Gasteiger partial charge in [-0.2, -0.15) is 0 Å². The molecule has 0 radical (unpaired) electrons. The molecule has 1 aromatic carbocycles. The third-order valence-electron chi connectivity index (χ3n) is 2.33. The highest BCUT2D eigenvalue weighted by Crippen LogP contribution is 2.32. The van der Waals surface area contributed by atoms with Crippen molar-refractivity contribution in [2.24, 2.45) is 0 Å². The third kappa shape index (κ3) is 3.51. The van der Waals surface area contributed by atoms with Crippen molar-refractivity contribution in [2.75, 3.05) is 6.54 Å². The molecule has 96 valence electrons. The maximum atomic E-state index is 5.92. The number of halogens is 2. The summed E-state index contributed by atoms with van der Waals surface area (Å²) in [4.78, 5) is 0. The van der Waals surface area contributed by atoms with Crippen molar-refractivity contribution in [3.05, 3.63) is 32.7 Å². The molecular formula is C12H13BrClN3S. The Morgan fingerprint density at radius 2 is 2.22 bits per heavy atom. The molecule has 0 bridgehead atoms. The van der Waals surface area contributed by atoms with E-state index >= 15 is 0 Å². The molecule has 0 unspecified atom stereocenters. The van der Waals surface area contributed by atoms with E-state index in [1.807, 2.05) is 18.2 Å². The number of hydrogen-bond acceptors (Lipinski definition) is 4. The fourth-order valence-electron chi connectivity index (χ4n) is 1.47. The zero-order chi connectivity index (χ0) is 13.0. The zero-order valence-corrected chi connectivity index (χ0v) is 13.1. The first kappa shape index (κ1) is 13.9. The van der Waals surface area contributed by atoms with E-state index in [1.165, 1.54) is 0 Å². The molecule has 0 spiro atoms. The van der Waals surface area contributed by atoms with E-state index < -0.39 is 0 Å². The lowest BCUT2D eigenvalue weighted by Crippen LogP contribution is -2.13. The van der Waals surface area contributed by atoms with Gasteiger partial charge in [0.1, 0.15) is 10.0 Å². The number of benzene rings is 1. The first-order valence-electron chi connectivity index (χ1n) is 5.69. The Kier molecular flexibility index (Phi) is 5.12. The van der Waals surface area contributed by atoms with E-state index in [0.717, 1.165) is 39.6 Å². The lowest BCUT2D eigenvalue weighted by atomic mass is 10.2. The van der Waals surface area contributed by atoms with Crippen molar-refractivity contribution >= 4 is 38.9 Å². The van der Waals surface area contributed by atoms with Gasteiger partial charge in [-0.1, -0.05) is 45.8 Å². The van der Waals surface area contributed by atoms with Gasteiger partial charge in [-0.15, -0.1) is 10.2 Å². The smallest absolute Gasteiger partial charge is 0.148 e. The van der Waals surface area contributed by atoms with Crippen LogP contribution >= 0.6 is 38.9 Å². The van der Waals surface area contributed by atoms with Crippen molar-refractivity contribution in [1.29, 1.82) is 0 Å². The molecule has 2 rings (SSSR count). The summed E-state index contributed by atoms with van der Waals surface area (Å²) in [6.07, 6.45) is 1.12. The van der Waals surface area contributed by atoms with Crippen molar-refractivity contribution in [2.45, 2.75) is 19.9 Å². The quantitative estimate of drug-likeness (QED) is 0.828. The van der Waals surface area contributed by atoms with E-state index in [0.29, 0.717) is 5.02 Å². The van der Waals surface area contributed by atoms with E-state index in [9.17, 15) is 0 Å². The second-order valence-electron chi connectivity index (χ2n) is 3.80. The van der Waals surface area contributed by atoms with Gasteiger partial charge in [0.05, 0.1) is 0 Å². The summed E-state index contributed by atoms with van der Waals surface area (Å²) in [6.45, 7) is 3.92. The van der Waals surface area contributed by atoms with Gasteiger partial charge in [0.25, 0.3) is 0 Å². The molecule has 0 aliphatic rings. The predicted molar refractivity (Wildman–Crippen MR) is 80.1 cm³/mol. The minimum absolute atomic E-state index is 0.708. The van der Waals surface area contributed by atoms with Crippen LogP contribution in [0.3, 0.4) is 0 Å². The van der Waals surface area contributed by atoms with Crippen LogP contribution in [0.25, 0.3) is 10.6 Å². The summed E-state index contributed by atoms with van der Waals surface area (Å²) < 4.78 is 0.944. The molecule has 2 aromatic rings. The average Bonchev–Trinajstić information content (AvgIpc) is 2.78. The van der Waals surface area contributed by atoms with Crippen LogP contribution in [-0.2, 0) is 6.54 Å². The number of hydrogen-bond donors (Lipinski definition) is 1. The molecule has 6 heteroatoms. The Morgan fingerprint density at radius 1 is 1.39 bits per heavy atom. The van der Waals surface area contributed by atoms with Gasteiger partial charge in [0.15, 0.2) is 0 Å². The Labute approximate surface area is 124 Å². The van der Waals surface area contributed by atoms with Gasteiger partial charge in [-0.05, 0) is 31.2 Å². The van der Waals surface area contributed by atoms with Crippen molar-refractivity contribution in [3.8, 4) is 10.6 Å². The van der Waals surface area contributed by atoms with Crippen LogP contribution in [0.1, 0.15) is 18.4 Å². The van der Waals surface area contributed by atoms with Gasteiger partial charge >= 0.3 is 0 Å². The van der Waals surface area contributed by atoms with Gasteiger partial charge in [0, 0.05) is 21.6 Å². The van der Waals surface area contributed by atoms with Crippen molar-refractivity contribution in [3.63, 3.8) is 0 Å². The van der Waals surface area contributed by atoms with Crippen LogP contribution < -0.4 is 5.32 Å². The molecule has 0 saturated carbocycles. The van der Waals surface area contributed by atoms with E-state index in [2.05, 4.69) is 38.4 Å². The lowest BCUT2D eigenvalue weighted by molar-refractivity contribution is 0.668. The summed E-state index contributed by atoms with van der Waals surface area (Å²) in [5.41, 5.74) is 1.03. The second kappa shape index (κ2) is 6.61. The highest BCUT2D eigenvalue weighted by Gasteiger charge is 2.09. The molecule has 0 saturated heterocycles. The highest BCUT2D eigenvalue weighted by atomic mass is 79.9. The van der Waals surface area contributed by atoms with Gasteiger partial charge in [-0.25, -0.2) is 0 Å². The monoisotopic (exact) mass is 345 g/mol. The molecule has 18 heavy (non-hydrogen) atoms. The third-order valence-corrected chi connectivity index (χ3v) is 4.18. The van der Waals surface area contributed by atoms with Crippen molar-refractivity contribution < 1.29 is 0 Å². The molecule has 1 heterocycles. The molecule has 0 fully saturated rings. The van der Waals surface area contributed by atoms with Crippen LogP contribution in [-0.4, -0.2) is 16.7 Å². The highest BCUT2D eigenvalue weighted by molar-refractivity contribution is 9.10. The molecule has 0 atom stereocenters. The first-order chi connectivity index (χ1) is 8.70. The minimum Gasteiger partial charge on any atom is -0.310 e. The number of nitrogens with zero attached hydrogens (tertiary/aromatic N) is 2. The molecule has 3 nitrogen and oxygen atoms in total. The Balaban J connectivity index is 2.13. The average molecular weight is 347 g/mol. The summed E-state index contributed by atoms with van der Waals surface area (Å²) in [7, 11) is 0. The number of rotatable bonds is 5. The van der Waals surface area contributed by atoms with Crippen LogP contribution in [0.15, 0.2) is 22.7 Å². The Hall–Kier alpha value is -0.490. The van der Waals surface area contributed by atoms with Gasteiger partial charge in [0.2, 0.25) is 0 Å². The summed E-state index contributed by atoms with van der Waals surface area (Å²) >= 11 is 11.0. The first-order valence-corrected chi connectivity index (χ1v) is 7.68. The fourth-order valence-corrected chi connectivity index (χ4v) is 3.32. The lowest BCUT2D eigenvalue weighted by Gasteiger charge is -2.00. The Bertz CT molecular complexity index is 530. The maximum absolute atomic E-state index is 5.92. The van der Waals surface area contributed by atoms with Gasteiger partial charge in [-0.3, -0.25) is 0 Å². The van der Waals surface area contributed by atoms with Crippen LogP contribution in [0, 0.1) is 0 Å². The van der Waals surface area contributed by atoms with E-state index in [-0.39, 0.29) is 0 Å². The molecule has 0 aliphatic heterocycles. The van der Waals surface area contributed by atoms with E-state index in [1.54, 1.807) is 11.3 Å². The molecule has 0 aliphatic carbocycles. The topological polar surface area (TPSA) is 37.8 Å². The minimum atomic E-state index is 0.708. The summed E-state index contributed by atoms with van der Waals surface area (Å²) in [5.74, 6) is 0. The van der Waals surface area contributed by atoms with Crippen LogP contribution in [0.5, 0.6) is 0 Å². The second-order valence-corrected chi connectivity index (χ2v) is 6.15. The fraction of sp³-hybridized carbons (Fsp3) is 0.333. The normalized spacial score (nSPS) is 10.8. The standard InChI is InChI=1S/C12H13BrClN3S/c1-2-5-15-7-11-16-17-12(18-11)9-4-3-8(14)6-10(9)13/h3-4,6,15H,2,5,7H2,1H3. The van der Waals surface area contributed by atoms with Crippen molar-refractivity contribution in [1.82, 2.24) is 15.5 Å². The summed E-state index contributed by atoms with van der Waals surface area (Å²) in [6, 6.07) is 5.68. The Morgan fingerprint density at radius 3 is 2.94 bits per heavy atom. The molecule has 1 N–H and O–H groups in total. The number of nitrogens with one attached hydrogen (secondary N) is 1.